The van der Waals surface area contributed by atoms with Crippen LogP contribution < -0.4 is 14.8 Å². The van der Waals surface area contributed by atoms with Gasteiger partial charge in [-0.05, 0) is 30.2 Å². The summed E-state index contributed by atoms with van der Waals surface area (Å²) in [5.41, 5.74) is 0. The molecule has 1 rings (SSSR count). The topological polar surface area (TPSA) is 35.1 Å². The molecule has 80 valence electrons. The van der Waals surface area contributed by atoms with E-state index in [2.05, 4.69) is 11.8 Å². The van der Waals surface area contributed by atoms with Gasteiger partial charge in [-0.15, -0.1) is 0 Å². The third-order valence-electron chi connectivity index (χ3n) is 1.80. The van der Waals surface area contributed by atoms with Gasteiger partial charge in [0, 0.05) is 0 Å². The third kappa shape index (κ3) is 4.39. The Bertz CT molecular complexity index is 335. The van der Waals surface area contributed by atoms with Crippen LogP contribution in [-0.4, -0.2) is 27.3 Å². The van der Waals surface area contributed by atoms with Crippen LogP contribution in [0.25, 0.3) is 0 Å². The van der Waals surface area contributed by atoms with Crippen molar-refractivity contribution in [1.29, 1.82) is 0 Å². The van der Waals surface area contributed by atoms with Crippen molar-refractivity contribution in [2.75, 3.05) is 27.3 Å². The fourth-order valence-electron chi connectivity index (χ4n) is 1.02. The summed E-state index contributed by atoms with van der Waals surface area (Å²) in [7, 11) is 3.63. The van der Waals surface area contributed by atoms with Gasteiger partial charge in [-0.2, -0.15) is 0 Å². The lowest BCUT2D eigenvalue weighted by Crippen LogP contribution is -2.79. The molecule has 15 heavy (non-hydrogen) atoms. The highest BCUT2D eigenvalue weighted by molar-refractivity contribution is 5.31. The Morgan fingerprint density at radius 1 is 1.13 bits per heavy atom. The van der Waals surface area contributed by atoms with Crippen molar-refractivity contribution in [1.82, 2.24) is 0 Å². The summed E-state index contributed by atoms with van der Waals surface area (Å²) in [6, 6.07) is 7.46. The van der Waals surface area contributed by atoms with E-state index in [0.29, 0.717) is 6.61 Å². The van der Waals surface area contributed by atoms with Crippen LogP contribution >= 0.6 is 0 Å². The van der Waals surface area contributed by atoms with Crippen molar-refractivity contribution in [2.45, 2.75) is 0 Å². The third-order valence-corrected chi connectivity index (χ3v) is 1.80. The Kier molecular flexibility index (Phi) is 5.13. The highest BCUT2D eigenvalue weighted by atomic mass is 16.5. The number of ether oxygens (including phenoxy) is 2. The molecule has 0 atom stereocenters. The number of methoxy groups -OCH3 is 1. The molecule has 0 aliphatic carbocycles. The minimum Gasteiger partial charge on any atom is -0.497 e. The summed E-state index contributed by atoms with van der Waals surface area (Å²) < 4.78 is 10.4. The molecule has 1 aromatic rings. The zero-order chi connectivity index (χ0) is 10.9. The lowest BCUT2D eigenvalue weighted by molar-refractivity contribution is -0.615. The number of rotatable bonds is 4. The maximum atomic E-state index is 5.41. The summed E-state index contributed by atoms with van der Waals surface area (Å²) >= 11 is 0. The van der Waals surface area contributed by atoms with E-state index in [4.69, 9.17) is 9.47 Å². The Morgan fingerprint density at radius 2 is 1.80 bits per heavy atom. The Hall–Kier alpha value is -1.66. The van der Waals surface area contributed by atoms with Gasteiger partial charge in [-0.25, -0.2) is 0 Å². The molecular formula is C12H16NO2+. The monoisotopic (exact) mass is 206 g/mol. The number of nitrogens with two attached hydrogens (primary N) is 1. The van der Waals surface area contributed by atoms with Gasteiger partial charge in [-0.3, -0.25) is 0 Å². The maximum Gasteiger partial charge on any atom is 0.149 e. The van der Waals surface area contributed by atoms with Crippen molar-refractivity contribution in [3.63, 3.8) is 0 Å². The lowest BCUT2D eigenvalue weighted by atomic mass is 10.3. The first-order valence-corrected chi connectivity index (χ1v) is 4.87. The van der Waals surface area contributed by atoms with Crippen LogP contribution in [0.2, 0.25) is 0 Å². The Morgan fingerprint density at radius 3 is 2.40 bits per heavy atom. The average Bonchev–Trinajstić information content (AvgIpc) is 2.30. The Labute approximate surface area is 90.4 Å². The number of benzene rings is 1. The van der Waals surface area contributed by atoms with Crippen LogP contribution in [0.1, 0.15) is 0 Å². The van der Waals surface area contributed by atoms with Crippen molar-refractivity contribution in [3.05, 3.63) is 24.3 Å². The minimum absolute atomic E-state index is 0.431. The van der Waals surface area contributed by atoms with Gasteiger partial charge in [0.05, 0.1) is 14.2 Å². The van der Waals surface area contributed by atoms with E-state index >= 15 is 0 Å². The van der Waals surface area contributed by atoms with E-state index in [1.165, 1.54) is 0 Å². The lowest BCUT2D eigenvalue weighted by Gasteiger charge is -2.03. The molecule has 0 aliphatic heterocycles. The second kappa shape index (κ2) is 6.74. The molecule has 0 spiro atoms. The van der Waals surface area contributed by atoms with Crippen LogP contribution in [0.4, 0.5) is 0 Å². The molecule has 0 bridgehead atoms. The molecular weight excluding hydrogens is 190 g/mol. The largest absolute Gasteiger partial charge is 0.497 e. The number of hydrogen-bond acceptors (Lipinski definition) is 2. The van der Waals surface area contributed by atoms with Crippen molar-refractivity contribution in [2.24, 2.45) is 0 Å². The second-order valence-electron chi connectivity index (χ2n) is 2.93. The highest BCUT2D eigenvalue weighted by Gasteiger charge is 1.92. The Balaban J connectivity index is 2.35. The first-order valence-electron chi connectivity index (χ1n) is 4.87. The summed E-state index contributed by atoms with van der Waals surface area (Å²) in [5.74, 6) is 7.54. The maximum absolute atomic E-state index is 5.41. The van der Waals surface area contributed by atoms with E-state index in [0.717, 1.165) is 18.0 Å². The van der Waals surface area contributed by atoms with Gasteiger partial charge in [-0.1, -0.05) is 5.92 Å². The normalized spacial score (nSPS) is 8.93. The van der Waals surface area contributed by atoms with E-state index < -0.39 is 0 Å². The van der Waals surface area contributed by atoms with Crippen molar-refractivity contribution < 1.29 is 14.8 Å². The van der Waals surface area contributed by atoms with Crippen LogP contribution in [-0.2, 0) is 0 Å². The molecule has 1 aromatic carbocycles. The predicted molar refractivity (Wildman–Crippen MR) is 59.0 cm³/mol. The molecule has 2 N–H and O–H groups in total. The van der Waals surface area contributed by atoms with Gasteiger partial charge in [0.25, 0.3) is 0 Å². The smallest absolute Gasteiger partial charge is 0.149 e. The van der Waals surface area contributed by atoms with Crippen molar-refractivity contribution in [3.8, 4) is 23.3 Å². The standard InChI is InChI=1S/C12H15NO2/c1-13-9-3-4-10-15-12-7-5-11(14-2)6-8-12/h5-8,13H,9-10H2,1-2H3/p+1. The summed E-state index contributed by atoms with van der Waals surface area (Å²) in [4.78, 5) is 0. The van der Waals surface area contributed by atoms with E-state index in [1.54, 1.807) is 7.11 Å². The number of quaternary nitrogens is 1. The minimum atomic E-state index is 0.431. The molecule has 0 radical (unpaired) electrons. The van der Waals surface area contributed by atoms with Gasteiger partial charge in [0.1, 0.15) is 24.7 Å². The predicted octanol–water partition coefficient (Wildman–Crippen LogP) is 0.271. The van der Waals surface area contributed by atoms with Gasteiger partial charge in [0.2, 0.25) is 0 Å². The van der Waals surface area contributed by atoms with Gasteiger partial charge >= 0.3 is 0 Å². The van der Waals surface area contributed by atoms with Crippen LogP contribution in [0, 0.1) is 11.8 Å². The van der Waals surface area contributed by atoms with E-state index in [-0.39, 0.29) is 0 Å². The zero-order valence-corrected chi connectivity index (χ0v) is 9.12. The van der Waals surface area contributed by atoms with Crippen LogP contribution in [0.5, 0.6) is 11.5 Å². The molecule has 0 saturated heterocycles. The molecule has 3 heteroatoms. The quantitative estimate of drug-likeness (QED) is 0.718. The molecule has 0 fully saturated rings. The van der Waals surface area contributed by atoms with Crippen LogP contribution in [0.3, 0.4) is 0 Å². The fourth-order valence-corrected chi connectivity index (χ4v) is 1.02. The number of hydrogen-bond donors (Lipinski definition) is 1. The first kappa shape index (κ1) is 11.4. The zero-order valence-electron chi connectivity index (χ0n) is 9.12. The molecule has 0 saturated carbocycles. The van der Waals surface area contributed by atoms with Crippen LogP contribution in [0.15, 0.2) is 24.3 Å². The summed E-state index contributed by atoms with van der Waals surface area (Å²) in [6.07, 6.45) is 0. The summed E-state index contributed by atoms with van der Waals surface area (Å²) in [5, 5.41) is 2.01. The second-order valence-corrected chi connectivity index (χ2v) is 2.93. The first-order chi connectivity index (χ1) is 7.36. The molecule has 0 unspecified atom stereocenters. The van der Waals surface area contributed by atoms with E-state index in [1.807, 2.05) is 36.6 Å². The van der Waals surface area contributed by atoms with Gasteiger partial charge in [0.15, 0.2) is 0 Å². The fraction of sp³-hybridized carbons (Fsp3) is 0.333. The molecule has 0 amide bonds. The molecule has 0 heterocycles. The molecule has 0 aliphatic rings. The molecule has 3 nitrogen and oxygen atoms in total. The SMILES string of the molecule is C[NH2+]CC#CCOc1ccc(OC)cc1. The average molecular weight is 206 g/mol. The highest BCUT2D eigenvalue weighted by Crippen LogP contribution is 2.16. The van der Waals surface area contributed by atoms with E-state index in [9.17, 15) is 0 Å². The summed E-state index contributed by atoms with van der Waals surface area (Å²) in [6.45, 7) is 1.24. The van der Waals surface area contributed by atoms with Crippen molar-refractivity contribution >= 4 is 0 Å². The molecule has 0 aromatic heterocycles. The van der Waals surface area contributed by atoms with Gasteiger partial charge < -0.3 is 14.8 Å².